The Morgan fingerprint density at radius 3 is 2.68 bits per heavy atom. The topological polar surface area (TPSA) is 75.4 Å². The highest BCUT2D eigenvalue weighted by molar-refractivity contribution is 7.81. The molecule has 1 aliphatic heterocycles. The molecule has 0 bridgehead atoms. The normalized spacial score (nSPS) is 21.5. The fraction of sp³-hybridized carbons (Fsp3) is 0.409. The van der Waals surface area contributed by atoms with Gasteiger partial charge in [0, 0.05) is 36.0 Å². The molecule has 1 N–H and O–H groups in total. The first-order valence-corrected chi connectivity index (χ1v) is 10.6. The number of Topliss-reactive ketones (excluding diaryl/α,β-unsaturated/α-hetero) is 1. The lowest BCUT2D eigenvalue weighted by Gasteiger charge is -2.37. The Bertz CT molecular complexity index is 992. The number of likely N-dealkylation sites (tertiary alicyclic amines) is 1. The number of carboxylic acid groups (broad SMARTS) is 1. The Labute approximate surface area is 191 Å². The van der Waals surface area contributed by atoms with E-state index in [1.807, 2.05) is 11.0 Å². The van der Waals surface area contributed by atoms with E-state index in [1.54, 1.807) is 30.5 Å². The quantitative estimate of drug-likeness (QED) is 0.611. The van der Waals surface area contributed by atoms with Crippen molar-refractivity contribution < 1.29 is 19.1 Å². The van der Waals surface area contributed by atoms with Crippen molar-refractivity contribution in [3.63, 3.8) is 0 Å². The number of aromatic nitrogens is 2. The van der Waals surface area contributed by atoms with Gasteiger partial charge >= 0.3 is 5.97 Å². The molecule has 166 valence electrons. The number of hydrogen-bond acceptors (Lipinski definition) is 5. The minimum atomic E-state index is -0.959. The summed E-state index contributed by atoms with van der Waals surface area (Å²) in [6.07, 6.45) is 5.98. The molecule has 2 heterocycles. The summed E-state index contributed by atoms with van der Waals surface area (Å²) < 4.78 is 16.0. The molecule has 2 aromatic rings. The number of rotatable bonds is 7. The maximum atomic E-state index is 14.6. The van der Waals surface area contributed by atoms with Crippen LogP contribution in [0.5, 0.6) is 0 Å². The lowest BCUT2D eigenvalue weighted by molar-refractivity contribution is -0.137. The maximum Gasteiger partial charge on any atom is 0.325 e. The van der Waals surface area contributed by atoms with Crippen molar-refractivity contribution >= 4 is 42.9 Å². The SMILES string of the molecule is Cl.O=C(O)Cn1ccc(C=C2CN(C(C(=O)C3CC3)c3ccccc3F)CCC2S)n1. The number of carbonyl (C=O) groups is 2. The van der Waals surface area contributed by atoms with Gasteiger partial charge in [0.1, 0.15) is 12.4 Å². The molecule has 2 unspecified atom stereocenters. The first kappa shape index (κ1) is 23.5. The van der Waals surface area contributed by atoms with Crippen LogP contribution in [0.3, 0.4) is 0 Å². The van der Waals surface area contributed by atoms with Gasteiger partial charge in [0.05, 0.1) is 11.7 Å². The molecular formula is C22H25ClFN3O3S. The molecule has 1 aromatic carbocycles. The molecule has 1 aliphatic carbocycles. The first-order valence-electron chi connectivity index (χ1n) is 10.1. The van der Waals surface area contributed by atoms with Crippen LogP contribution < -0.4 is 0 Å². The van der Waals surface area contributed by atoms with Crippen LogP contribution in [0.25, 0.3) is 6.08 Å². The number of ketones is 1. The standard InChI is InChI=1S/C22H24FN3O3S.ClH/c23-18-4-2-1-3-17(18)21(22(29)14-5-6-14)25-9-8-19(30)15(12-25)11-16-7-10-26(24-16)13-20(27)28;/h1-4,7,10-11,14,19,21,30H,5-6,8-9,12-13H2,(H,27,28);1H. The third-order valence-electron chi connectivity index (χ3n) is 5.61. The summed E-state index contributed by atoms with van der Waals surface area (Å²) in [4.78, 5) is 26.0. The van der Waals surface area contributed by atoms with Crippen LogP contribution in [-0.2, 0) is 16.1 Å². The molecule has 1 saturated carbocycles. The predicted molar refractivity (Wildman–Crippen MR) is 121 cm³/mol. The smallest absolute Gasteiger partial charge is 0.325 e. The Morgan fingerprint density at radius 1 is 1.26 bits per heavy atom. The highest BCUT2D eigenvalue weighted by Gasteiger charge is 2.40. The van der Waals surface area contributed by atoms with Crippen LogP contribution in [0.4, 0.5) is 4.39 Å². The zero-order valence-electron chi connectivity index (χ0n) is 16.9. The fourth-order valence-electron chi connectivity index (χ4n) is 3.94. The highest BCUT2D eigenvalue weighted by Crippen LogP contribution is 2.39. The number of benzene rings is 1. The van der Waals surface area contributed by atoms with Crippen LogP contribution in [0.2, 0.25) is 0 Å². The number of piperidine rings is 1. The Morgan fingerprint density at radius 2 is 2.00 bits per heavy atom. The number of carboxylic acids is 1. The van der Waals surface area contributed by atoms with Crippen molar-refractivity contribution in [1.29, 1.82) is 0 Å². The van der Waals surface area contributed by atoms with Crippen molar-refractivity contribution in [2.75, 3.05) is 13.1 Å². The number of thiol groups is 1. The van der Waals surface area contributed by atoms with Gasteiger partial charge in [-0.25, -0.2) is 4.39 Å². The average molecular weight is 466 g/mol. The molecule has 0 spiro atoms. The zero-order chi connectivity index (χ0) is 21.3. The van der Waals surface area contributed by atoms with Crippen molar-refractivity contribution in [3.8, 4) is 0 Å². The van der Waals surface area contributed by atoms with E-state index in [1.165, 1.54) is 10.7 Å². The molecule has 1 aromatic heterocycles. The number of hydrogen-bond donors (Lipinski definition) is 2. The summed E-state index contributed by atoms with van der Waals surface area (Å²) in [5.74, 6) is -1.22. The third kappa shape index (κ3) is 5.56. The van der Waals surface area contributed by atoms with E-state index >= 15 is 0 Å². The van der Waals surface area contributed by atoms with E-state index in [0.29, 0.717) is 24.3 Å². The number of carbonyl (C=O) groups excluding carboxylic acids is 1. The molecule has 9 heteroatoms. The van der Waals surface area contributed by atoms with Crippen molar-refractivity contribution in [2.24, 2.45) is 5.92 Å². The van der Waals surface area contributed by atoms with Gasteiger partial charge in [-0.15, -0.1) is 12.4 Å². The first-order chi connectivity index (χ1) is 14.4. The van der Waals surface area contributed by atoms with Gasteiger partial charge in [0.25, 0.3) is 0 Å². The molecule has 2 atom stereocenters. The van der Waals surface area contributed by atoms with Crippen LogP contribution in [0.15, 0.2) is 42.1 Å². The minimum absolute atomic E-state index is 0. The van der Waals surface area contributed by atoms with Gasteiger partial charge in [-0.3, -0.25) is 19.2 Å². The van der Waals surface area contributed by atoms with Gasteiger partial charge in [-0.1, -0.05) is 18.2 Å². The van der Waals surface area contributed by atoms with E-state index < -0.39 is 12.0 Å². The second-order valence-electron chi connectivity index (χ2n) is 7.93. The van der Waals surface area contributed by atoms with E-state index in [4.69, 9.17) is 5.11 Å². The molecule has 2 aliphatic rings. The summed E-state index contributed by atoms with van der Waals surface area (Å²) in [7, 11) is 0. The van der Waals surface area contributed by atoms with E-state index in [-0.39, 0.29) is 41.7 Å². The molecule has 0 radical (unpaired) electrons. The average Bonchev–Trinajstić information content (AvgIpc) is 3.47. The van der Waals surface area contributed by atoms with E-state index in [0.717, 1.165) is 24.8 Å². The lowest BCUT2D eigenvalue weighted by atomic mass is 9.93. The Hall–Kier alpha value is -2.16. The summed E-state index contributed by atoms with van der Waals surface area (Å²) in [5.41, 5.74) is 2.05. The monoisotopic (exact) mass is 465 g/mol. The maximum absolute atomic E-state index is 14.6. The van der Waals surface area contributed by atoms with Gasteiger partial charge in [-0.05, 0) is 43.0 Å². The van der Waals surface area contributed by atoms with Crippen molar-refractivity contribution in [1.82, 2.24) is 14.7 Å². The second-order valence-corrected chi connectivity index (χ2v) is 8.55. The minimum Gasteiger partial charge on any atom is -0.480 e. The van der Waals surface area contributed by atoms with Crippen LogP contribution in [0, 0.1) is 11.7 Å². The molecule has 6 nitrogen and oxygen atoms in total. The van der Waals surface area contributed by atoms with Gasteiger partial charge < -0.3 is 5.11 Å². The summed E-state index contributed by atoms with van der Waals surface area (Å²) in [5, 5.41) is 13.2. The van der Waals surface area contributed by atoms with Crippen LogP contribution >= 0.6 is 25.0 Å². The summed E-state index contributed by atoms with van der Waals surface area (Å²) in [6.45, 7) is 0.929. The molecule has 0 amide bonds. The molecule has 2 fully saturated rings. The van der Waals surface area contributed by atoms with Crippen LogP contribution in [0.1, 0.15) is 36.6 Å². The molecule has 1 saturated heterocycles. The number of halogens is 2. The Balaban J connectivity index is 0.00000272. The fourth-order valence-corrected chi connectivity index (χ4v) is 4.22. The lowest BCUT2D eigenvalue weighted by Crippen LogP contribution is -2.42. The molecule has 31 heavy (non-hydrogen) atoms. The predicted octanol–water partition coefficient (Wildman–Crippen LogP) is 3.64. The summed E-state index contributed by atoms with van der Waals surface area (Å²) >= 11 is 4.69. The second kappa shape index (κ2) is 9.97. The third-order valence-corrected chi connectivity index (χ3v) is 6.20. The van der Waals surface area contributed by atoms with E-state index in [2.05, 4.69) is 17.7 Å². The highest BCUT2D eigenvalue weighted by atomic mass is 35.5. The van der Waals surface area contributed by atoms with Crippen molar-refractivity contribution in [3.05, 3.63) is 59.2 Å². The molecular weight excluding hydrogens is 441 g/mol. The van der Waals surface area contributed by atoms with Gasteiger partial charge in [0.15, 0.2) is 5.78 Å². The number of nitrogens with zero attached hydrogens (tertiary/aromatic N) is 3. The molecule has 4 rings (SSSR count). The van der Waals surface area contributed by atoms with Crippen molar-refractivity contribution in [2.45, 2.75) is 37.1 Å². The zero-order valence-corrected chi connectivity index (χ0v) is 18.6. The van der Waals surface area contributed by atoms with Gasteiger partial charge in [-0.2, -0.15) is 17.7 Å². The largest absolute Gasteiger partial charge is 0.480 e. The van der Waals surface area contributed by atoms with Gasteiger partial charge in [0.2, 0.25) is 0 Å². The van der Waals surface area contributed by atoms with E-state index in [9.17, 15) is 14.0 Å². The summed E-state index contributed by atoms with van der Waals surface area (Å²) in [6, 6.07) is 7.65. The van der Waals surface area contributed by atoms with Crippen LogP contribution in [-0.4, -0.2) is 49.9 Å². The Kier molecular flexibility index (Phi) is 7.56. The number of aliphatic carboxylic acids is 1.